The van der Waals surface area contributed by atoms with Crippen LogP contribution in [0.15, 0.2) is 67.4 Å². The molecule has 0 unspecified atom stereocenters. The Morgan fingerprint density at radius 1 is 0.962 bits per heavy atom. The molecule has 0 fully saturated rings. The number of carbonyl (C=O) groups is 1. The van der Waals surface area contributed by atoms with E-state index in [1.165, 1.54) is 6.33 Å². The molecular weight excluding hydrogens is 330 g/mol. The Morgan fingerprint density at radius 3 is 2.35 bits per heavy atom. The molecule has 26 heavy (non-hydrogen) atoms. The van der Waals surface area contributed by atoms with Gasteiger partial charge in [-0.15, -0.1) is 5.10 Å². The van der Waals surface area contributed by atoms with Gasteiger partial charge >= 0.3 is 0 Å². The molecule has 4 rings (SSSR count). The van der Waals surface area contributed by atoms with Crippen LogP contribution < -0.4 is 5.32 Å². The highest BCUT2D eigenvalue weighted by Gasteiger charge is 2.12. The Bertz CT molecular complexity index is 1020. The molecule has 0 aliphatic heterocycles. The van der Waals surface area contributed by atoms with Gasteiger partial charge in [-0.2, -0.15) is 5.10 Å². The van der Waals surface area contributed by atoms with Crippen LogP contribution in [0.5, 0.6) is 0 Å². The summed E-state index contributed by atoms with van der Waals surface area (Å²) in [4.78, 5) is 16.3. The van der Waals surface area contributed by atoms with Crippen molar-refractivity contribution in [2.45, 2.75) is 6.92 Å². The van der Waals surface area contributed by atoms with Crippen LogP contribution in [0.3, 0.4) is 0 Å². The predicted molar refractivity (Wildman–Crippen MR) is 95.4 cm³/mol. The van der Waals surface area contributed by atoms with Gasteiger partial charge in [-0.1, -0.05) is 22.9 Å². The zero-order valence-corrected chi connectivity index (χ0v) is 13.9. The van der Waals surface area contributed by atoms with Crippen LogP contribution in [0.25, 0.3) is 11.4 Å². The Balaban J connectivity index is 1.47. The molecule has 8 nitrogen and oxygen atoms in total. The lowest BCUT2D eigenvalue weighted by Crippen LogP contribution is -2.12. The van der Waals surface area contributed by atoms with E-state index in [4.69, 9.17) is 0 Å². The molecule has 0 bridgehead atoms. The first-order valence-electron chi connectivity index (χ1n) is 7.95. The Hall–Kier alpha value is -3.81. The minimum absolute atomic E-state index is 0.242. The molecule has 8 heteroatoms. The molecule has 4 aromatic rings. The van der Waals surface area contributed by atoms with Crippen LogP contribution in [-0.4, -0.2) is 35.7 Å². The van der Waals surface area contributed by atoms with Gasteiger partial charge in [0.25, 0.3) is 5.91 Å². The minimum Gasteiger partial charge on any atom is -0.321 e. The quantitative estimate of drug-likeness (QED) is 0.613. The van der Waals surface area contributed by atoms with E-state index < -0.39 is 0 Å². The number of hydrogen-bond acceptors (Lipinski definition) is 5. The van der Waals surface area contributed by atoms with Crippen LogP contribution in [0, 0.1) is 6.92 Å². The summed E-state index contributed by atoms with van der Waals surface area (Å²) >= 11 is 0. The van der Waals surface area contributed by atoms with E-state index in [1.807, 2.05) is 43.3 Å². The molecule has 128 valence electrons. The van der Waals surface area contributed by atoms with Gasteiger partial charge in [0.05, 0.1) is 17.6 Å². The summed E-state index contributed by atoms with van der Waals surface area (Å²) in [7, 11) is 0. The number of amides is 1. The van der Waals surface area contributed by atoms with Gasteiger partial charge in [-0.3, -0.25) is 4.79 Å². The first-order valence-corrected chi connectivity index (χ1v) is 7.95. The SMILES string of the molecule is Cc1ccc(-n2cc(C(=O)Nc3ccc(-n4cncn4)cc3)nn2)cc1. The number of anilines is 1. The topological polar surface area (TPSA) is 90.5 Å². The van der Waals surface area contributed by atoms with Gasteiger partial charge < -0.3 is 5.32 Å². The number of aromatic nitrogens is 6. The second-order valence-electron chi connectivity index (χ2n) is 5.72. The van der Waals surface area contributed by atoms with Crippen molar-refractivity contribution >= 4 is 11.6 Å². The average molecular weight is 345 g/mol. The van der Waals surface area contributed by atoms with Crippen molar-refractivity contribution in [3.8, 4) is 11.4 Å². The lowest BCUT2D eigenvalue weighted by Gasteiger charge is -2.05. The lowest BCUT2D eigenvalue weighted by atomic mass is 10.2. The van der Waals surface area contributed by atoms with Gasteiger partial charge in [0.15, 0.2) is 5.69 Å². The van der Waals surface area contributed by atoms with Crippen molar-refractivity contribution in [1.29, 1.82) is 0 Å². The second-order valence-corrected chi connectivity index (χ2v) is 5.72. The third-order valence-corrected chi connectivity index (χ3v) is 3.83. The first kappa shape index (κ1) is 15.7. The van der Waals surface area contributed by atoms with Gasteiger partial charge in [-0.05, 0) is 43.3 Å². The third-order valence-electron chi connectivity index (χ3n) is 3.83. The maximum Gasteiger partial charge on any atom is 0.277 e. The predicted octanol–water partition coefficient (Wildman–Crippen LogP) is 2.41. The number of nitrogens with zero attached hydrogens (tertiary/aromatic N) is 6. The fourth-order valence-electron chi connectivity index (χ4n) is 2.43. The van der Waals surface area contributed by atoms with E-state index in [0.717, 1.165) is 16.9 Å². The molecule has 2 aromatic carbocycles. The zero-order chi connectivity index (χ0) is 17.9. The van der Waals surface area contributed by atoms with Crippen LogP contribution >= 0.6 is 0 Å². The standard InChI is InChI=1S/C18H15N7O/c1-13-2-6-15(7-3-13)24-10-17(22-23-24)18(26)21-14-4-8-16(9-5-14)25-12-19-11-20-25/h2-12H,1H3,(H,21,26). The Morgan fingerprint density at radius 2 is 1.65 bits per heavy atom. The smallest absolute Gasteiger partial charge is 0.277 e. The minimum atomic E-state index is -0.322. The number of aryl methyl sites for hydroxylation is 1. The van der Waals surface area contributed by atoms with Crippen LogP contribution in [-0.2, 0) is 0 Å². The molecule has 2 aromatic heterocycles. The molecule has 0 spiro atoms. The summed E-state index contributed by atoms with van der Waals surface area (Å²) in [6, 6.07) is 15.1. The van der Waals surface area contributed by atoms with Crippen LogP contribution in [0.2, 0.25) is 0 Å². The van der Waals surface area contributed by atoms with E-state index >= 15 is 0 Å². The number of hydrogen-bond donors (Lipinski definition) is 1. The monoisotopic (exact) mass is 345 g/mol. The van der Waals surface area contributed by atoms with Crippen molar-refractivity contribution in [3.63, 3.8) is 0 Å². The second kappa shape index (κ2) is 6.60. The highest BCUT2D eigenvalue weighted by molar-refractivity contribution is 6.02. The molecule has 0 saturated carbocycles. The van der Waals surface area contributed by atoms with E-state index in [2.05, 4.69) is 25.7 Å². The van der Waals surface area contributed by atoms with Gasteiger partial charge in [-0.25, -0.2) is 14.3 Å². The fraction of sp³-hybridized carbons (Fsp3) is 0.0556. The van der Waals surface area contributed by atoms with Crippen molar-refractivity contribution in [2.75, 3.05) is 5.32 Å². The number of rotatable bonds is 4. The Labute approximate surface area is 149 Å². The van der Waals surface area contributed by atoms with Gasteiger partial charge in [0, 0.05) is 5.69 Å². The molecule has 1 amide bonds. The van der Waals surface area contributed by atoms with E-state index in [9.17, 15) is 4.79 Å². The average Bonchev–Trinajstić information content (AvgIpc) is 3.35. The normalized spacial score (nSPS) is 10.7. The summed E-state index contributed by atoms with van der Waals surface area (Å²) in [6.07, 6.45) is 4.67. The Kier molecular flexibility index (Phi) is 3.98. The number of benzene rings is 2. The molecule has 1 N–H and O–H groups in total. The summed E-state index contributed by atoms with van der Waals surface area (Å²) in [5, 5.41) is 14.8. The van der Waals surface area contributed by atoms with Crippen molar-refractivity contribution in [3.05, 3.63) is 78.6 Å². The maximum atomic E-state index is 12.4. The molecule has 0 radical (unpaired) electrons. The van der Waals surface area contributed by atoms with Gasteiger partial charge in [0.2, 0.25) is 0 Å². The molecule has 0 aliphatic carbocycles. The molecule has 0 aliphatic rings. The van der Waals surface area contributed by atoms with Gasteiger partial charge in [0.1, 0.15) is 12.7 Å². The first-order chi connectivity index (χ1) is 12.7. The number of nitrogens with one attached hydrogen (secondary N) is 1. The summed E-state index contributed by atoms with van der Waals surface area (Å²) in [5.74, 6) is -0.322. The van der Waals surface area contributed by atoms with Crippen molar-refractivity contribution in [1.82, 2.24) is 29.8 Å². The summed E-state index contributed by atoms with van der Waals surface area (Å²) in [5.41, 5.74) is 3.75. The van der Waals surface area contributed by atoms with Crippen LogP contribution in [0.1, 0.15) is 16.1 Å². The fourth-order valence-corrected chi connectivity index (χ4v) is 2.43. The highest BCUT2D eigenvalue weighted by Crippen LogP contribution is 2.14. The summed E-state index contributed by atoms with van der Waals surface area (Å²) in [6.45, 7) is 2.01. The summed E-state index contributed by atoms with van der Waals surface area (Å²) < 4.78 is 3.21. The van der Waals surface area contributed by atoms with Crippen molar-refractivity contribution < 1.29 is 4.79 Å². The lowest BCUT2D eigenvalue weighted by molar-refractivity contribution is 0.102. The largest absolute Gasteiger partial charge is 0.321 e. The maximum absolute atomic E-state index is 12.4. The van der Waals surface area contributed by atoms with Crippen molar-refractivity contribution in [2.24, 2.45) is 0 Å². The van der Waals surface area contributed by atoms with E-state index in [-0.39, 0.29) is 11.6 Å². The molecule has 0 saturated heterocycles. The van der Waals surface area contributed by atoms with E-state index in [1.54, 1.807) is 34.0 Å². The number of carbonyl (C=O) groups excluding carboxylic acids is 1. The highest BCUT2D eigenvalue weighted by atomic mass is 16.2. The molecule has 0 atom stereocenters. The third kappa shape index (κ3) is 3.20. The zero-order valence-electron chi connectivity index (χ0n) is 13.9. The molecular formula is C18H15N7O. The molecule has 2 heterocycles. The van der Waals surface area contributed by atoms with E-state index in [0.29, 0.717) is 5.69 Å². The van der Waals surface area contributed by atoms with Crippen LogP contribution in [0.4, 0.5) is 5.69 Å².